The number of rotatable bonds is 2. The molecule has 2 aromatic rings. The van der Waals surface area contributed by atoms with E-state index < -0.39 is 5.54 Å². The van der Waals surface area contributed by atoms with Gasteiger partial charge < -0.3 is 20.0 Å². The molecule has 146 valence electrons. The van der Waals surface area contributed by atoms with Crippen LogP contribution in [0, 0.1) is 0 Å². The van der Waals surface area contributed by atoms with E-state index in [9.17, 15) is 4.79 Å². The van der Waals surface area contributed by atoms with E-state index in [1.807, 2.05) is 17.0 Å². The summed E-state index contributed by atoms with van der Waals surface area (Å²) in [6, 6.07) is 6.03. The van der Waals surface area contributed by atoms with Gasteiger partial charge in [0.1, 0.15) is 17.6 Å². The summed E-state index contributed by atoms with van der Waals surface area (Å²) in [6.07, 6.45) is 11.4. The highest BCUT2D eigenvalue weighted by Gasteiger charge is 2.45. The number of amides is 1. The van der Waals surface area contributed by atoms with Crippen LogP contribution in [-0.2, 0) is 0 Å². The summed E-state index contributed by atoms with van der Waals surface area (Å²) >= 11 is 0. The zero-order valence-corrected chi connectivity index (χ0v) is 15.9. The van der Waals surface area contributed by atoms with Gasteiger partial charge in [-0.3, -0.25) is 9.79 Å². The van der Waals surface area contributed by atoms with Crippen LogP contribution in [0.3, 0.4) is 0 Å². The molecule has 1 saturated carbocycles. The fourth-order valence-electron chi connectivity index (χ4n) is 4.62. The highest BCUT2D eigenvalue weighted by atomic mass is 16.3. The van der Waals surface area contributed by atoms with E-state index in [4.69, 9.17) is 9.41 Å². The summed E-state index contributed by atoms with van der Waals surface area (Å²) in [5, 5.41) is 7.19. The molecule has 1 saturated heterocycles. The second kappa shape index (κ2) is 6.96. The summed E-state index contributed by atoms with van der Waals surface area (Å²) in [7, 11) is 0. The zero-order chi connectivity index (χ0) is 19.0. The monoisotopic (exact) mass is 379 g/mol. The zero-order valence-electron chi connectivity index (χ0n) is 15.9. The topological polar surface area (TPSA) is 82.8 Å². The number of aliphatic imine (C=N–C) groups is 1. The van der Waals surface area contributed by atoms with Gasteiger partial charge in [0.15, 0.2) is 5.82 Å². The molecule has 4 heterocycles. The highest BCUT2D eigenvalue weighted by molar-refractivity contribution is 6.09. The van der Waals surface area contributed by atoms with Crippen molar-refractivity contribution in [3.63, 3.8) is 0 Å². The van der Waals surface area contributed by atoms with Crippen LogP contribution in [0.5, 0.6) is 0 Å². The SMILES string of the molecule is O=C(c1ccoc1)N1CCCC2(C1)Nc1cccnc1NC2=NC1CCCC1. The number of carbonyl (C=O) groups is 1. The molecule has 3 aliphatic rings. The molecule has 28 heavy (non-hydrogen) atoms. The first kappa shape index (κ1) is 17.3. The van der Waals surface area contributed by atoms with E-state index in [0.29, 0.717) is 18.2 Å². The van der Waals surface area contributed by atoms with E-state index in [1.165, 1.54) is 19.1 Å². The van der Waals surface area contributed by atoms with Crippen molar-refractivity contribution in [1.82, 2.24) is 9.88 Å². The molecule has 2 aliphatic heterocycles. The third-order valence-corrected chi connectivity index (χ3v) is 6.06. The van der Waals surface area contributed by atoms with Crippen molar-refractivity contribution >= 4 is 23.2 Å². The molecule has 2 N–H and O–H groups in total. The molecular formula is C21H25N5O2. The van der Waals surface area contributed by atoms with Crippen LogP contribution in [0.15, 0.2) is 46.3 Å². The number of piperidine rings is 1. The van der Waals surface area contributed by atoms with Gasteiger partial charge in [-0.15, -0.1) is 0 Å². The minimum absolute atomic E-state index is 0.00632. The van der Waals surface area contributed by atoms with Gasteiger partial charge in [-0.05, 0) is 43.9 Å². The van der Waals surface area contributed by atoms with Gasteiger partial charge in [-0.1, -0.05) is 12.8 Å². The van der Waals surface area contributed by atoms with E-state index in [1.54, 1.807) is 18.5 Å². The fourth-order valence-corrected chi connectivity index (χ4v) is 4.62. The number of furan rings is 1. The number of nitrogens with one attached hydrogen (secondary N) is 2. The molecule has 0 radical (unpaired) electrons. The predicted molar refractivity (Wildman–Crippen MR) is 108 cm³/mol. The van der Waals surface area contributed by atoms with Crippen LogP contribution in [0.2, 0.25) is 0 Å². The molecule has 1 aliphatic carbocycles. The number of aromatic nitrogens is 1. The van der Waals surface area contributed by atoms with Crippen molar-refractivity contribution in [3.05, 3.63) is 42.5 Å². The first-order chi connectivity index (χ1) is 13.7. The quantitative estimate of drug-likeness (QED) is 0.834. The molecule has 7 nitrogen and oxygen atoms in total. The Morgan fingerprint density at radius 1 is 1.29 bits per heavy atom. The summed E-state index contributed by atoms with van der Waals surface area (Å²) in [5.74, 6) is 1.74. The number of amidine groups is 1. The lowest BCUT2D eigenvalue weighted by Crippen LogP contribution is -2.62. The molecule has 0 bridgehead atoms. The Bertz CT molecular complexity index is 888. The smallest absolute Gasteiger partial charge is 0.257 e. The molecule has 1 unspecified atom stereocenters. The van der Waals surface area contributed by atoms with Gasteiger partial charge >= 0.3 is 0 Å². The maximum atomic E-state index is 12.9. The molecule has 0 aromatic carbocycles. The number of hydrogen-bond acceptors (Lipinski definition) is 5. The second-order valence-electron chi connectivity index (χ2n) is 7.99. The van der Waals surface area contributed by atoms with Gasteiger partial charge in [0.25, 0.3) is 5.91 Å². The Labute approximate surface area is 164 Å². The summed E-state index contributed by atoms with van der Waals surface area (Å²) in [6.45, 7) is 1.31. The molecule has 1 amide bonds. The average molecular weight is 379 g/mol. The first-order valence-electron chi connectivity index (χ1n) is 10.1. The molecule has 2 fully saturated rings. The third-order valence-electron chi connectivity index (χ3n) is 6.06. The molecule has 2 aromatic heterocycles. The Kier molecular flexibility index (Phi) is 4.30. The number of hydrogen-bond donors (Lipinski definition) is 2. The van der Waals surface area contributed by atoms with Gasteiger partial charge in [-0.25, -0.2) is 4.98 Å². The van der Waals surface area contributed by atoms with Crippen molar-refractivity contribution < 1.29 is 9.21 Å². The minimum atomic E-state index is -0.406. The normalized spacial score (nSPS) is 26.1. The van der Waals surface area contributed by atoms with Crippen LogP contribution >= 0.6 is 0 Å². The highest BCUT2D eigenvalue weighted by Crippen LogP contribution is 2.36. The van der Waals surface area contributed by atoms with Crippen LogP contribution in [0.1, 0.15) is 48.9 Å². The third kappa shape index (κ3) is 3.04. The average Bonchev–Trinajstić information content (AvgIpc) is 3.42. The number of anilines is 2. The van der Waals surface area contributed by atoms with Crippen LogP contribution in [0.25, 0.3) is 0 Å². The van der Waals surface area contributed by atoms with Crippen molar-refractivity contribution in [1.29, 1.82) is 0 Å². The number of nitrogens with zero attached hydrogens (tertiary/aromatic N) is 3. The Morgan fingerprint density at radius 2 is 2.18 bits per heavy atom. The lowest BCUT2D eigenvalue weighted by Gasteiger charge is -2.47. The van der Waals surface area contributed by atoms with Gasteiger partial charge in [-0.2, -0.15) is 0 Å². The van der Waals surface area contributed by atoms with Crippen molar-refractivity contribution in [3.8, 4) is 0 Å². The first-order valence-corrected chi connectivity index (χ1v) is 10.1. The predicted octanol–water partition coefficient (Wildman–Crippen LogP) is 3.53. The van der Waals surface area contributed by atoms with Crippen LogP contribution in [0.4, 0.5) is 11.5 Å². The number of carbonyl (C=O) groups excluding carboxylic acids is 1. The summed E-state index contributed by atoms with van der Waals surface area (Å²) < 4.78 is 5.11. The molecular weight excluding hydrogens is 354 g/mol. The standard InChI is InChI=1S/C21H25N5O2/c27-19(15-8-12-28-13-15)26-11-4-9-21(14-26)20(23-16-5-1-2-6-16)24-18-17(25-21)7-3-10-22-18/h3,7-8,10,12-13,16,25H,1-2,4-6,9,11,14H2,(H,22,23,24). The van der Waals surface area contributed by atoms with Crippen molar-refractivity contribution in [2.24, 2.45) is 4.99 Å². The maximum absolute atomic E-state index is 12.9. The fraction of sp³-hybridized carbons (Fsp3) is 0.476. The van der Waals surface area contributed by atoms with Crippen molar-refractivity contribution in [2.75, 3.05) is 23.7 Å². The Hall–Kier alpha value is -2.83. The number of pyridine rings is 1. The van der Waals surface area contributed by atoms with Crippen LogP contribution < -0.4 is 10.6 Å². The number of likely N-dealkylation sites (tertiary alicyclic amines) is 1. The van der Waals surface area contributed by atoms with Crippen molar-refractivity contribution in [2.45, 2.75) is 50.1 Å². The van der Waals surface area contributed by atoms with E-state index in [-0.39, 0.29) is 5.91 Å². The molecule has 5 rings (SSSR count). The Morgan fingerprint density at radius 3 is 3.00 bits per heavy atom. The van der Waals surface area contributed by atoms with E-state index in [0.717, 1.165) is 49.6 Å². The maximum Gasteiger partial charge on any atom is 0.257 e. The Balaban J connectivity index is 1.49. The second-order valence-corrected chi connectivity index (χ2v) is 7.99. The minimum Gasteiger partial charge on any atom is -0.472 e. The molecule has 7 heteroatoms. The molecule has 1 atom stereocenters. The summed E-state index contributed by atoms with van der Waals surface area (Å²) in [5.41, 5.74) is 1.15. The van der Waals surface area contributed by atoms with Gasteiger partial charge in [0.2, 0.25) is 0 Å². The van der Waals surface area contributed by atoms with Gasteiger partial charge in [0, 0.05) is 12.7 Å². The number of fused-ring (bicyclic) bond motifs is 1. The van der Waals surface area contributed by atoms with Crippen LogP contribution in [-0.4, -0.2) is 46.3 Å². The lowest BCUT2D eigenvalue weighted by atomic mass is 9.85. The lowest BCUT2D eigenvalue weighted by molar-refractivity contribution is 0.0693. The largest absolute Gasteiger partial charge is 0.472 e. The van der Waals surface area contributed by atoms with E-state index >= 15 is 0 Å². The van der Waals surface area contributed by atoms with Gasteiger partial charge in [0.05, 0.1) is 30.1 Å². The van der Waals surface area contributed by atoms with E-state index in [2.05, 4.69) is 15.6 Å². The summed E-state index contributed by atoms with van der Waals surface area (Å²) in [4.78, 5) is 24.4. The molecule has 1 spiro atoms.